The van der Waals surface area contributed by atoms with Crippen molar-refractivity contribution in [3.63, 3.8) is 0 Å². The van der Waals surface area contributed by atoms with Crippen LogP contribution in [0.3, 0.4) is 0 Å². The van der Waals surface area contributed by atoms with E-state index in [1.54, 1.807) is 13.0 Å². The van der Waals surface area contributed by atoms with Crippen LogP contribution < -0.4 is 16.4 Å². The van der Waals surface area contributed by atoms with Gasteiger partial charge in [-0.2, -0.15) is 0 Å². The lowest BCUT2D eigenvalue weighted by molar-refractivity contribution is -0.122. The van der Waals surface area contributed by atoms with Crippen LogP contribution in [-0.2, 0) is 20.9 Å². The van der Waals surface area contributed by atoms with Gasteiger partial charge in [0.2, 0.25) is 11.8 Å². The highest BCUT2D eigenvalue weighted by Gasteiger charge is 2.29. The number of likely N-dealkylation sites (tertiary alicyclic amines) is 1. The maximum atomic E-state index is 12.6. The lowest BCUT2D eigenvalue weighted by Gasteiger charge is -2.23. The highest BCUT2D eigenvalue weighted by molar-refractivity contribution is 5.96. The molecule has 1 aromatic rings. The van der Waals surface area contributed by atoms with Gasteiger partial charge in [-0.3, -0.25) is 14.5 Å². The minimum Gasteiger partial charge on any atom is -0.450 e. The van der Waals surface area contributed by atoms with Gasteiger partial charge in [-0.1, -0.05) is 26.0 Å². The van der Waals surface area contributed by atoms with Crippen LogP contribution in [0.15, 0.2) is 24.3 Å². The first kappa shape index (κ1) is 21.7. The van der Waals surface area contributed by atoms with E-state index in [1.807, 2.05) is 32.0 Å². The van der Waals surface area contributed by atoms with Crippen molar-refractivity contribution in [2.45, 2.75) is 52.2 Å². The van der Waals surface area contributed by atoms with E-state index in [9.17, 15) is 14.4 Å². The smallest absolute Gasteiger partial charge is 0.407 e. The number of nitrogens with one attached hydrogen (secondary N) is 2. The summed E-state index contributed by atoms with van der Waals surface area (Å²) in [5.41, 5.74) is 7.09. The topological polar surface area (TPSA) is 114 Å². The number of alkyl carbamates (subject to hydrolysis) is 1. The van der Waals surface area contributed by atoms with E-state index >= 15 is 0 Å². The molecule has 1 heterocycles. The second-order valence-corrected chi connectivity index (χ2v) is 7.31. The molecule has 2 rings (SSSR count). The van der Waals surface area contributed by atoms with Crippen LogP contribution in [0.4, 0.5) is 10.5 Å². The molecule has 8 nitrogen and oxygen atoms in total. The highest BCUT2D eigenvalue weighted by atomic mass is 16.5. The molecule has 2 atom stereocenters. The quantitative estimate of drug-likeness (QED) is 0.627. The maximum Gasteiger partial charge on any atom is 0.407 e. The average Bonchev–Trinajstić information content (AvgIpc) is 3.08. The molecule has 1 saturated heterocycles. The third-order valence-corrected chi connectivity index (χ3v) is 4.77. The summed E-state index contributed by atoms with van der Waals surface area (Å²) in [6, 6.07) is 6.51. The van der Waals surface area contributed by atoms with Gasteiger partial charge in [0.25, 0.3) is 0 Å². The Labute approximate surface area is 165 Å². The van der Waals surface area contributed by atoms with Crippen molar-refractivity contribution in [3.8, 4) is 0 Å². The van der Waals surface area contributed by atoms with Crippen LogP contribution in [0, 0.1) is 5.92 Å². The average molecular weight is 390 g/mol. The Morgan fingerprint density at radius 1 is 1.32 bits per heavy atom. The van der Waals surface area contributed by atoms with Crippen LogP contribution in [0.25, 0.3) is 0 Å². The van der Waals surface area contributed by atoms with Gasteiger partial charge in [-0.15, -0.1) is 0 Å². The normalized spacial score (nSPS) is 17.9. The lowest BCUT2D eigenvalue weighted by Crippen LogP contribution is -2.47. The number of primary amides is 1. The molecule has 154 valence electrons. The van der Waals surface area contributed by atoms with Crippen molar-refractivity contribution in [2.75, 3.05) is 18.5 Å². The molecule has 0 radical (unpaired) electrons. The van der Waals surface area contributed by atoms with Crippen molar-refractivity contribution in [1.29, 1.82) is 0 Å². The van der Waals surface area contributed by atoms with E-state index in [1.165, 1.54) is 0 Å². The molecule has 3 amide bonds. The van der Waals surface area contributed by atoms with Gasteiger partial charge in [-0.05, 0) is 49.9 Å². The van der Waals surface area contributed by atoms with E-state index in [2.05, 4.69) is 15.5 Å². The summed E-state index contributed by atoms with van der Waals surface area (Å²) in [7, 11) is 0. The molecule has 2 unspecified atom stereocenters. The molecule has 1 fully saturated rings. The number of benzene rings is 1. The number of carbonyl (C=O) groups excluding carboxylic acids is 3. The summed E-state index contributed by atoms with van der Waals surface area (Å²) in [5, 5.41) is 5.45. The number of nitrogens with zero attached hydrogens (tertiary/aromatic N) is 1. The molecule has 1 aliphatic rings. The lowest BCUT2D eigenvalue weighted by atomic mass is 10.0. The van der Waals surface area contributed by atoms with Gasteiger partial charge in [-0.25, -0.2) is 4.79 Å². The molecule has 1 aromatic carbocycles. The van der Waals surface area contributed by atoms with E-state index in [4.69, 9.17) is 10.5 Å². The molecule has 0 spiro atoms. The second kappa shape index (κ2) is 10.1. The molecule has 4 N–H and O–H groups in total. The SMILES string of the molecule is CCOC(=O)NC(C(=O)Nc1cccc(CN2CCCC2C(N)=O)c1)C(C)C. The Hall–Kier alpha value is -2.61. The van der Waals surface area contributed by atoms with Crippen molar-refractivity contribution >= 4 is 23.6 Å². The number of amides is 3. The van der Waals surface area contributed by atoms with Crippen LogP contribution in [0.5, 0.6) is 0 Å². The zero-order chi connectivity index (χ0) is 20.7. The van der Waals surface area contributed by atoms with Crippen LogP contribution in [-0.4, -0.2) is 48.0 Å². The van der Waals surface area contributed by atoms with Gasteiger partial charge in [0.05, 0.1) is 12.6 Å². The van der Waals surface area contributed by atoms with Crippen LogP contribution in [0.2, 0.25) is 0 Å². The fourth-order valence-corrected chi connectivity index (χ4v) is 3.37. The third-order valence-electron chi connectivity index (χ3n) is 4.77. The molecule has 8 heteroatoms. The molecule has 0 saturated carbocycles. The Morgan fingerprint density at radius 2 is 2.07 bits per heavy atom. The van der Waals surface area contributed by atoms with Gasteiger partial charge in [0.1, 0.15) is 6.04 Å². The van der Waals surface area contributed by atoms with E-state index in [0.29, 0.717) is 12.2 Å². The Bertz CT molecular complexity index is 707. The third kappa shape index (κ3) is 5.95. The highest BCUT2D eigenvalue weighted by Crippen LogP contribution is 2.21. The van der Waals surface area contributed by atoms with Gasteiger partial charge in [0, 0.05) is 12.2 Å². The van der Waals surface area contributed by atoms with Crippen molar-refractivity contribution in [2.24, 2.45) is 11.7 Å². The van der Waals surface area contributed by atoms with E-state index in [-0.39, 0.29) is 30.4 Å². The number of nitrogens with two attached hydrogens (primary N) is 1. The standard InChI is InChI=1S/C20H30N4O4/c1-4-28-20(27)23-17(13(2)3)19(26)22-15-8-5-7-14(11-15)12-24-10-6-9-16(24)18(21)25/h5,7-8,11,13,16-17H,4,6,9-10,12H2,1-3H3,(H2,21,25)(H,22,26)(H,23,27). The zero-order valence-corrected chi connectivity index (χ0v) is 16.7. The molecule has 0 aromatic heterocycles. The maximum absolute atomic E-state index is 12.6. The van der Waals surface area contributed by atoms with Crippen LogP contribution in [0.1, 0.15) is 39.2 Å². The first-order valence-electron chi connectivity index (χ1n) is 9.68. The molecule has 28 heavy (non-hydrogen) atoms. The Kier molecular flexibility index (Phi) is 7.80. The monoisotopic (exact) mass is 390 g/mol. The summed E-state index contributed by atoms with van der Waals surface area (Å²) in [6.07, 6.45) is 1.11. The first-order valence-corrected chi connectivity index (χ1v) is 9.68. The summed E-state index contributed by atoms with van der Waals surface area (Å²) in [5.74, 6) is -0.711. The van der Waals surface area contributed by atoms with Crippen molar-refractivity contribution in [3.05, 3.63) is 29.8 Å². The fourth-order valence-electron chi connectivity index (χ4n) is 3.37. The molecule has 0 bridgehead atoms. The van der Waals surface area contributed by atoms with Crippen LogP contribution >= 0.6 is 0 Å². The number of ether oxygens (including phenoxy) is 1. The predicted molar refractivity (Wildman–Crippen MR) is 106 cm³/mol. The number of hydrogen-bond donors (Lipinski definition) is 3. The number of rotatable bonds is 8. The number of anilines is 1. The van der Waals surface area contributed by atoms with E-state index < -0.39 is 12.1 Å². The molecule has 0 aliphatic carbocycles. The molecule has 1 aliphatic heterocycles. The van der Waals surface area contributed by atoms with Gasteiger partial charge >= 0.3 is 6.09 Å². The summed E-state index contributed by atoms with van der Waals surface area (Å²) < 4.78 is 4.87. The second-order valence-electron chi connectivity index (χ2n) is 7.31. The van der Waals surface area contributed by atoms with E-state index in [0.717, 1.165) is 24.9 Å². The van der Waals surface area contributed by atoms with Crippen molar-refractivity contribution < 1.29 is 19.1 Å². The number of hydrogen-bond acceptors (Lipinski definition) is 5. The summed E-state index contributed by atoms with van der Waals surface area (Å²) >= 11 is 0. The zero-order valence-electron chi connectivity index (χ0n) is 16.7. The van der Waals surface area contributed by atoms with Crippen molar-refractivity contribution in [1.82, 2.24) is 10.2 Å². The minimum atomic E-state index is -0.708. The first-order chi connectivity index (χ1) is 13.3. The largest absolute Gasteiger partial charge is 0.450 e. The predicted octanol–water partition coefficient (Wildman–Crippen LogP) is 1.85. The minimum absolute atomic E-state index is 0.103. The molecular formula is C20H30N4O4. The van der Waals surface area contributed by atoms with Gasteiger partial charge < -0.3 is 21.1 Å². The Morgan fingerprint density at radius 3 is 2.71 bits per heavy atom. The molecular weight excluding hydrogens is 360 g/mol. The van der Waals surface area contributed by atoms with Gasteiger partial charge in [0.15, 0.2) is 0 Å². The summed E-state index contributed by atoms with van der Waals surface area (Å²) in [6.45, 7) is 7.06. The Balaban J connectivity index is 2.03. The number of carbonyl (C=O) groups is 3. The summed E-state index contributed by atoms with van der Waals surface area (Å²) in [4.78, 5) is 38.0. The fraction of sp³-hybridized carbons (Fsp3) is 0.550.